The van der Waals surface area contributed by atoms with Gasteiger partial charge in [-0.15, -0.1) is 23.5 Å². The molecule has 0 aliphatic heterocycles. The number of carboxylic acid groups (broad SMARTS) is 2. The van der Waals surface area contributed by atoms with Crippen molar-refractivity contribution in [2.24, 2.45) is 0 Å². The molecule has 2 aromatic carbocycles. The molecule has 2 N–H and O–H groups in total. The van der Waals surface area contributed by atoms with Crippen LogP contribution in [0.2, 0.25) is 0 Å². The standard InChI is InChI=1S/C24H22BrNO4S2.2Na.2H/c25-19-7-5-17-6-9-20(26-21(17)15-19)8-4-16-2-1-3-18(14-16)24(31-12-10-22(27)28)32-13-11-23(29)30;;;;/h1-9,14-15,24H,10-13H2,(H,27,28)(H,29,30);;;;/b8-4+;;;;. The maximum absolute atomic E-state index is 10.9. The number of carboxylic acids is 2. The van der Waals surface area contributed by atoms with Crippen LogP contribution in [0.3, 0.4) is 0 Å². The first-order valence-electron chi connectivity index (χ1n) is 9.92. The van der Waals surface area contributed by atoms with Gasteiger partial charge in [-0.2, -0.15) is 0 Å². The van der Waals surface area contributed by atoms with Crippen LogP contribution in [-0.4, -0.2) is 97.8 Å². The number of fused-ring (bicyclic) bond motifs is 1. The van der Waals surface area contributed by atoms with Crippen LogP contribution in [0.15, 0.2) is 59.1 Å². The summed E-state index contributed by atoms with van der Waals surface area (Å²) in [5.41, 5.74) is 3.80. The summed E-state index contributed by atoms with van der Waals surface area (Å²) in [5.74, 6) is -0.732. The second-order valence-corrected chi connectivity index (χ2v) is 10.6. The van der Waals surface area contributed by atoms with Crippen molar-refractivity contribution in [1.82, 2.24) is 4.98 Å². The van der Waals surface area contributed by atoms with Crippen LogP contribution < -0.4 is 0 Å². The number of aromatic nitrogens is 1. The zero-order valence-electron chi connectivity index (χ0n) is 17.1. The van der Waals surface area contributed by atoms with Crippen molar-refractivity contribution in [2.45, 2.75) is 17.4 Å². The van der Waals surface area contributed by atoms with Crippen molar-refractivity contribution in [3.05, 3.63) is 75.9 Å². The van der Waals surface area contributed by atoms with Crippen LogP contribution in [-0.2, 0) is 9.59 Å². The number of rotatable bonds is 11. The minimum atomic E-state index is -0.835. The Balaban J connectivity index is 0.00000289. The number of aliphatic carboxylic acids is 2. The molecule has 34 heavy (non-hydrogen) atoms. The van der Waals surface area contributed by atoms with Gasteiger partial charge in [0.05, 0.1) is 28.6 Å². The van der Waals surface area contributed by atoms with Crippen molar-refractivity contribution in [3.63, 3.8) is 0 Å². The number of thioether (sulfide) groups is 2. The normalized spacial score (nSPS) is 10.8. The van der Waals surface area contributed by atoms with Gasteiger partial charge in [-0.3, -0.25) is 9.59 Å². The predicted octanol–water partition coefficient (Wildman–Crippen LogP) is 5.29. The van der Waals surface area contributed by atoms with Gasteiger partial charge < -0.3 is 10.2 Å². The summed E-state index contributed by atoms with van der Waals surface area (Å²) >= 11 is 6.54. The molecule has 3 rings (SSSR count). The zero-order chi connectivity index (χ0) is 22.9. The molecule has 0 unspecified atom stereocenters. The van der Waals surface area contributed by atoms with Gasteiger partial charge in [0.25, 0.3) is 0 Å². The van der Waals surface area contributed by atoms with Crippen molar-refractivity contribution in [1.29, 1.82) is 0 Å². The van der Waals surface area contributed by atoms with Gasteiger partial charge in [-0.1, -0.05) is 52.3 Å². The van der Waals surface area contributed by atoms with E-state index < -0.39 is 11.9 Å². The Bertz CT molecular complexity index is 1130. The first kappa shape index (κ1) is 31.7. The number of benzene rings is 2. The van der Waals surface area contributed by atoms with E-state index >= 15 is 0 Å². The summed E-state index contributed by atoms with van der Waals surface area (Å²) in [6, 6.07) is 18.0. The summed E-state index contributed by atoms with van der Waals surface area (Å²) in [5, 5.41) is 18.9. The Morgan fingerprint density at radius 2 is 1.56 bits per heavy atom. The Labute approximate surface area is 260 Å². The van der Waals surface area contributed by atoms with E-state index in [2.05, 4.69) is 27.0 Å². The molecule has 0 saturated heterocycles. The fourth-order valence-electron chi connectivity index (χ4n) is 2.94. The third kappa shape index (κ3) is 10.8. The van der Waals surface area contributed by atoms with Gasteiger partial charge in [0, 0.05) is 21.4 Å². The summed E-state index contributed by atoms with van der Waals surface area (Å²) in [7, 11) is 0. The number of hydrogen-bond donors (Lipinski definition) is 2. The van der Waals surface area contributed by atoms with Crippen molar-refractivity contribution < 1.29 is 19.8 Å². The molecule has 0 amide bonds. The Morgan fingerprint density at radius 3 is 2.21 bits per heavy atom. The third-order valence-electron chi connectivity index (χ3n) is 4.48. The Morgan fingerprint density at radius 1 is 0.912 bits per heavy atom. The fourth-order valence-corrected chi connectivity index (χ4v) is 5.94. The van der Waals surface area contributed by atoms with E-state index in [1.165, 1.54) is 23.5 Å². The average Bonchev–Trinajstić information content (AvgIpc) is 2.76. The molecule has 170 valence electrons. The molecule has 0 bridgehead atoms. The monoisotopic (exact) mass is 579 g/mol. The number of nitrogens with zero attached hydrogens (tertiary/aromatic N) is 1. The van der Waals surface area contributed by atoms with E-state index in [0.717, 1.165) is 32.2 Å². The maximum atomic E-state index is 10.9. The van der Waals surface area contributed by atoms with E-state index in [-0.39, 0.29) is 76.5 Å². The van der Waals surface area contributed by atoms with Gasteiger partial charge >= 0.3 is 71.1 Å². The Hall–Kier alpha value is -0.290. The van der Waals surface area contributed by atoms with E-state index in [1.807, 2.05) is 60.7 Å². The van der Waals surface area contributed by atoms with Crippen molar-refractivity contribution in [3.8, 4) is 0 Å². The first-order chi connectivity index (χ1) is 15.4. The van der Waals surface area contributed by atoms with E-state index in [1.54, 1.807) is 0 Å². The molecule has 0 aliphatic rings. The van der Waals surface area contributed by atoms with Crippen LogP contribution >= 0.6 is 39.5 Å². The molecule has 1 aromatic heterocycles. The molecule has 0 radical (unpaired) electrons. The SMILES string of the molecule is O=C(O)CCSC(SCCC(=O)O)c1cccc(/C=C/c2ccc3ccc(Br)cc3n2)c1.[NaH].[NaH]. The first-order valence-corrected chi connectivity index (χ1v) is 12.8. The van der Waals surface area contributed by atoms with Crippen LogP contribution in [0.5, 0.6) is 0 Å². The van der Waals surface area contributed by atoms with Crippen molar-refractivity contribution >= 4 is 134 Å². The number of pyridine rings is 1. The summed E-state index contributed by atoms with van der Waals surface area (Å²) in [4.78, 5) is 26.4. The molecule has 0 spiro atoms. The van der Waals surface area contributed by atoms with Crippen LogP contribution in [0.4, 0.5) is 0 Å². The molecule has 1 heterocycles. The van der Waals surface area contributed by atoms with E-state index in [4.69, 9.17) is 10.2 Å². The topological polar surface area (TPSA) is 87.5 Å². The molecule has 0 atom stereocenters. The average molecular weight is 580 g/mol. The molecule has 0 saturated carbocycles. The molecule has 0 fully saturated rings. The van der Waals surface area contributed by atoms with Gasteiger partial charge in [0.15, 0.2) is 0 Å². The molecule has 10 heteroatoms. The quantitative estimate of drug-likeness (QED) is 0.236. The van der Waals surface area contributed by atoms with Crippen LogP contribution in [0.1, 0.15) is 34.2 Å². The third-order valence-corrected chi connectivity index (χ3v) is 7.81. The predicted molar refractivity (Wildman–Crippen MR) is 151 cm³/mol. The second kappa shape index (κ2) is 16.5. The number of halogens is 1. The molecule has 0 aliphatic carbocycles. The fraction of sp³-hybridized carbons (Fsp3) is 0.208. The van der Waals surface area contributed by atoms with Gasteiger partial charge in [0.1, 0.15) is 0 Å². The summed E-state index contributed by atoms with van der Waals surface area (Å²) in [6.45, 7) is 0. The van der Waals surface area contributed by atoms with Gasteiger partial charge in [0.2, 0.25) is 0 Å². The van der Waals surface area contributed by atoms with E-state index in [9.17, 15) is 9.59 Å². The Kier molecular flexibility index (Phi) is 15.4. The van der Waals surface area contributed by atoms with Gasteiger partial charge in [-0.25, -0.2) is 4.98 Å². The van der Waals surface area contributed by atoms with E-state index in [0.29, 0.717) is 11.5 Å². The summed E-state index contributed by atoms with van der Waals surface area (Å²) in [6.07, 6.45) is 4.11. The minimum absolute atomic E-state index is 0. The molecule has 5 nitrogen and oxygen atoms in total. The number of hydrogen-bond acceptors (Lipinski definition) is 5. The number of carbonyl (C=O) groups is 2. The second-order valence-electron chi connectivity index (χ2n) is 6.94. The van der Waals surface area contributed by atoms with Crippen LogP contribution in [0, 0.1) is 0 Å². The zero-order valence-corrected chi connectivity index (χ0v) is 20.3. The molecular formula is C24H24BrNNa2O4S2. The van der Waals surface area contributed by atoms with Gasteiger partial charge in [-0.05, 0) is 41.5 Å². The van der Waals surface area contributed by atoms with Crippen LogP contribution in [0.25, 0.3) is 23.1 Å². The molecule has 3 aromatic rings. The summed E-state index contributed by atoms with van der Waals surface area (Å²) < 4.78 is 0.955. The van der Waals surface area contributed by atoms with Crippen molar-refractivity contribution in [2.75, 3.05) is 11.5 Å². The molecular weight excluding hydrogens is 556 g/mol.